The normalized spacial score (nSPS) is 14.8. The van der Waals surface area contributed by atoms with Crippen molar-refractivity contribution in [2.75, 3.05) is 11.9 Å². The van der Waals surface area contributed by atoms with Gasteiger partial charge in [-0.1, -0.05) is 6.07 Å². The van der Waals surface area contributed by atoms with E-state index in [1.54, 1.807) is 6.07 Å². The third kappa shape index (κ3) is 3.95. The molecule has 0 spiro atoms. The maximum absolute atomic E-state index is 14.1. The van der Waals surface area contributed by atoms with Crippen molar-refractivity contribution in [3.63, 3.8) is 0 Å². The number of anilines is 1. The summed E-state index contributed by atoms with van der Waals surface area (Å²) in [5, 5.41) is 11.8. The summed E-state index contributed by atoms with van der Waals surface area (Å²) in [7, 11) is 0. The Hall–Kier alpha value is -2.68. The largest absolute Gasteiger partial charge is 0.490 e. The van der Waals surface area contributed by atoms with Gasteiger partial charge in [0.1, 0.15) is 11.9 Å². The SMILES string of the molecule is CC(Nc1cnc(C#N)cn1)c1ccc(OCC2CC2)c(F)c1. The Morgan fingerprint density at radius 3 is 2.83 bits per heavy atom. The molecule has 0 radical (unpaired) electrons. The van der Waals surface area contributed by atoms with Crippen molar-refractivity contribution in [1.82, 2.24) is 9.97 Å². The molecular weight excluding hydrogens is 295 g/mol. The van der Waals surface area contributed by atoms with Crippen LogP contribution in [0.2, 0.25) is 0 Å². The van der Waals surface area contributed by atoms with E-state index in [9.17, 15) is 4.39 Å². The van der Waals surface area contributed by atoms with Crippen LogP contribution in [0.1, 0.15) is 37.1 Å². The average Bonchev–Trinajstić information content (AvgIpc) is 3.38. The number of aromatic nitrogens is 2. The van der Waals surface area contributed by atoms with Crippen molar-refractivity contribution in [2.24, 2.45) is 5.92 Å². The van der Waals surface area contributed by atoms with Crippen molar-refractivity contribution >= 4 is 5.82 Å². The van der Waals surface area contributed by atoms with Crippen LogP contribution in [0, 0.1) is 23.1 Å². The highest BCUT2D eigenvalue weighted by atomic mass is 19.1. The number of hydrogen-bond acceptors (Lipinski definition) is 5. The van der Waals surface area contributed by atoms with Gasteiger partial charge in [0.2, 0.25) is 0 Å². The molecule has 1 aromatic carbocycles. The molecule has 1 unspecified atom stereocenters. The number of nitrogens with zero attached hydrogens (tertiary/aromatic N) is 3. The van der Waals surface area contributed by atoms with Gasteiger partial charge in [-0.2, -0.15) is 5.26 Å². The van der Waals surface area contributed by atoms with Crippen LogP contribution in [0.15, 0.2) is 30.6 Å². The molecule has 6 heteroatoms. The van der Waals surface area contributed by atoms with Crippen LogP contribution in [0.5, 0.6) is 5.75 Å². The second kappa shape index (κ2) is 6.61. The molecule has 1 fully saturated rings. The van der Waals surface area contributed by atoms with E-state index >= 15 is 0 Å². The Kier molecular flexibility index (Phi) is 4.38. The number of halogens is 1. The average molecular weight is 312 g/mol. The van der Waals surface area contributed by atoms with E-state index in [1.807, 2.05) is 19.1 Å². The summed E-state index contributed by atoms with van der Waals surface area (Å²) >= 11 is 0. The number of ether oxygens (including phenoxy) is 1. The fourth-order valence-corrected chi connectivity index (χ4v) is 2.16. The molecule has 0 amide bonds. The summed E-state index contributed by atoms with van der Waals surface area (Å²) in [5.74, 6) is 1.06. The number of nitrogens with one attached hydrogen (secondary N) is 1. The van der Waals surface area contributed by atoms with Gasteiger partial charge in [0.05, 0.1) is 25.0 Å². The summed E-state index contributed by atoms with van der Waals surface area (Å²) < 4.78 is 19.6. The third-order valence-electron chi connectivity index (χ3n) is 3.76. The molecule has 1 aliphatic rings. The first-order valence-corrected chi connectivity index (χ1v) is 7.56. The standard InChI is InChI=1S/C17H17FN4O/c1-11(22-17-9-20-14(7-19)8-21-17)13-4-5-16(15(18)6-13)23-10-12-2-3-12/h4-6,8-9,11-12H,2-3,10H2,1H3,(H,21,22). The van der Waals surface area contributed by atoms with E-state index in [1.165, 1.54) is 31.3 Å². The van der Waals surface area contributed by atoms with Crippen LogP contribution in [-0.2, 0) is 0 Å². The molecule has 0 saturated heterocycles. The molecule has 0 bridgehead atoms. The molecule has 23 heavy (non-hydrogen) atoms. The molecule has 1 saturated carbocycles. The number of rotatable bonds is 6. The first kappa shape index (κ1) is 15.2. The van der Waals surface area contributed by atoms with Gasteiger partial charge in [-0.05, 0) is 43.4 Å². The third-order valence-corrected chi connectivity index (χ3v) is 3.76. The Balaban J connectivity index is 1.64. The fraction of sp³-hybridized carbons (Fsp3) is 0.353. The van der Waals surface area contributed by atoms with E-state index in [-0.39, 0.29) is 17.6 Å². The van der Waals surface area contributed by atoms with Crippen LogP contribution < -0.4 is 10.1 Å². The maximum Gasteiger partial charge on any atom is 0.165 e. The molecule has 3 rings (SSSR count). The monoisotopic (exact) mass is 312 g/mol. The highest BCUT2D eigenvalue weighted by Crippen LogP contribution is 2.31. The smallest absolute Gasteiger partial charge is 0.165 e. The van der Waals surface area contributed by atoms with Crippen LogP contribution in [-0.4, -0.2) is 16.6 Å². The molecular formula is C17H17FN4O. The Morgan fingerprint density at radius 2 is 2.22 bits per heavy atom. The van der Waals surface area contributed by atoms with E-state index in [0.717, 1.165) is 5.56 Å². The highest BCUT2D eigenvalue weighted by molar-refractivity contribution is 5.39. The highest BCUT2D eigenvalue weighted by Gasteiger charge is 2.22. The van der Waals surface area contributed by atoms with E-state index in [4.69, 9.17) is 10.00 Å². The van der Waals surface area contributed by atoms with Gasteiger partial charge in [0.25, 0.3) is 0 Å². The van der Waals surface area contributed by atoms with Gasteiger partial charge < -0.3 is 10.1 Å². The van der Waals surface area contributed by atoms with E-state index in [0.29, 0.717) is 24.1 Å². The lowest BCUT2D eigenvalue weighted by atomic mass is 10.1. The van der Waals surface area contributed by atoms with E-state index in [2.05, 4.69) is 15.3 Å². The molecule has 1 heterocycles. The van der Waals surface area contributed by atoms with Crippen molar-refractivity contribution < 1.29 is 9.13 Å². The quantitative estimate of drug-likeness (QED) is 0.884. The van der Waals surface area contributed by atoms with Gasteiger partial charge in [-0.25, -0.2) is 14.4 Å². The van der Waals surface area contributed by atoms with Crippen molar-refractivity contribution in [3.05, 3.63) is 47.7 Å². The Morgan fingerprint density at radius 1 is 1.39 bits per heavy atom. The minimum Gasteiger partial charge on any atom is -0.490 e. The van der Waals surface area contributed by atoms with Crippen molar-refractivity contribution in [3.8, 4) is 11.8 Å². The van der Waals surface area contributed by atoms with Gasteiger partial charge in [-0.3, -0.25) is 0 Å². The van der Waals surface area contributed by atoms with Crippen LogP contribution in [0.3, 0.4) is 0 Å². The molecule has 1 atom stereocenters. The Bertz CT molecular complexity index is 722. The topological polar surface area (TPSA) is 70.8 Å². The lowest BCUT2D eigenvalue weighted by Crippen LogP contribution is -2.09. The molecule has 1 aromatic heterocycles. The second-order valence-electron chi connectivity index (χ2n) is 5.71. The summed E-state index contributed by atoms with van der Waals surface area (Å²) in [6.07, 6.45) is 5.22. The second-order valence-corrected chi connectivity index (χ2v) is 5.71. The minimum absolute atomic E-state index is 0.149. The first-order chi connectivity index (χ1) is 11.2. The lowest BCUT2D eigenvalue weighted by Gasteiger charge is -2.16. The predicted octanol–water partition coefficient (Wildman–Crippen LogP) is 3.45. The molecule has 2 aromatic rings. The zero-order valence-electron chi connectivity index (χ0n) is 12.8. The van der Waals surface area contributed by atoms with Crippen LogP contribution in [0.4, 0.5) is 10.2 Å². The van der Waals surface area contributed by atoms with Crippen LogP contribution in [0.25, 0.3) is 0 Å². The first-order valence-electron chi connectivity index (χ1n) is 7.56. The van der Waals surface area contributed by atoms with Gasteiger partial charge >= 0.3 is 0 Å². The number of benzene rings is 1. The van der Waals surface area contributed by atoms with Crippen LogP contribution >= 0.6 is 0 Å². The van der Waals surface area contributed by atoms with Crippen molar-refractivity contribution in [2.45, 2.75) is 25.8 Å². The summed E-state index contributed by atoms with van der Waals surface area (Å²) in [6, 6.07) is 6.73. The molecule has 1 N–H and O–H groups in total. The number of nitriles is 1. The van der Waals surface area contributed by atoms with Gasteiger partial charge in [-0.15, -0.1) is 0 Å². The molecule has 0 aliphatic heterocycles. The minimum atomic E-state index is -0.359. The maximum atomic E-state index is 14.1. The zero-order valence-corrected chi connectivity index (χ0v) is 12.8. The fourth-order valence-electron chi connectivity index (χ4n) is 2.16. The number of hydrogen-bond donors (Lipinski definition) is 1. The van der Waals surface area contributed by atoms with Crippen molar-refractivity contribution in [1.29, 1.82) is 5.26 Å². The molecule has 118 valence electrons. The summed E-state index contributed by atoms with van der Waals surface area (Å²) in [6.45, 7) is 2.49. The predicted molar refractivity (Wildman–Crippen MR) is 83.4 cm³/mol. The Labute approximate surface area is 134 Å². The molecule has 5 nitrogen and oxygen atoms in total. The lowest BCUT2D eigenvalue weighted by molar-refractivity contribution is 0.285. The zero-order chi connectivity index (χ0) is 16.2. The summed E-state index contributed by atoms with van der Waals surface area (Å²) in [5.41, 5.74) is 1.04. The van der Waals surface area contributed by atoms with Gasteiger partial charge in [0.15, 0.2) is 17.3 Å². The van der Waals surface area contributed by atoms with E-state index < -0.39 is 0 Å². The summed E-state index contributed by atoms with van der Waals surface area (Å²) in [4.78, 5) is 8.04. The van der Waals surface area contributed by atoms with Gasteiger partial charge in [0, 0.05) is 0 Å². The molecule has 1 aliphatic carbocycles.